The van der Waals surface area contributed by atoms with Gasteiger partial charge in [-0.3, -0.25) is 24.5 Å². The Morgan fingerprint density at radius 1 is 1.25 bits per heavy atom. The van der Waals surface area contributed by atoms with E-state index in [0.29, 0.717) is 5.06 Å². The van der Waals surface area contributed by atoms with Crippen molar-refractivity contribution in [2.24, 2.45) is 0 Å². The molecule has 0 fully saturated rings. The number of hydrogen-bond donors (Lipinski definition) is 0. The van der Waals surface area contributed by atoms with E-state index in [9.17, 15) is 19.7 Å². The first-order valence-electron chi connectivity index (χ1n) is 4.27. The molecule has 2 amide bonds. The van der Waals surface area contributed by atoms with Crippen LogP contribution in [0.4, 0.5) is 5.69 Å². The molecular formula is C9H6N2O5. The molecule has 1 aromatic carbocycles. The van der Waals surface area contributed by atoms with Crippen LogP contribution in [0, 0.1) is 10.1 Å². The van der Waals surface area contributed by atoms with Crippen LogP contribution in [-0.4, -0.2) is 28.9 Å². The lowest BCUT2D eigenvalue weighted by atomic mass is 10.1. The lowest BCUT2D eigenvalue weighted by molar-refractivity contribution is -0.384. The Bertz CT molecular complexity index is 511. The summed E-state index contributed by atoms with van der Waals surface area (Å²) in [6.07, 6.45) is 0. The molecule has 1 aliphatic rings. The third-order valence-corrected chi connectivity index (χ3v) is 2.23. The molecule has 7 heteroatoms. The van der Waals surface area contributed by atoms with E-state index in [1.165, 1.54) is 19.2 Å². The average molecular weight is 222 g/mol. The van der Waals surface area contributed by atoms with Crippen molar-refractivity contribution in [3.63, 3.8) is 0 Å². The number of nitro groups is 1. The van der Waals surface area contributed by atoms with Crippen LogP contribution in [0.25, 0.3) is 0 Å². The topological polar surface area (TPSA) is 89.8 Å². The lowest BCUT2D eigenvalue weighted by Gasteiger charge is -2.07. The van der Waals surface area contributed by atoms with Gasteiger partial charge in [0.05, 0.1) is 23.2 Å². The van der Waals surface area contributed by atoms with Crippen molar-refractivity contribution in [2.45, 2.75) is 0 Å². The Balaban J connectivity index is 2.56. The van der Waals surface area contributed by atoms with Crippen LogP contribution < -0.4 is 0 Å². The lowest BCUT2D eigenvalue weighted by Crippen LogP contribution is -2.28. The second kappa shape index (κ2) is 3.38. The summed E-state index contributed by atoms with van der Waals surface area (Å²) >= 11 is 0. The van der Waals surface area contributed by atoms with Crippen molar-refractivity contribution < 1.29 is 19.3 Å². The highest BCUT2D eigenvalue weighted by molar-refractivity contribution is 6.20. The predicted molar refractivity (Wildman–Crippen MR) is 50.6 cm³/mol. The monoisotopic (exact) mass is 222 g/mol. The van der Waals surface area contributed by atoms with Crippen LogP contribution in [-0.2, 0) is 4.84 Å². The van der Waals surface area contributed by atoms with Gasteiger partial charge in [-0.25, -0.2) is 0 Å². The smallest absolute Gasteiger partial charge is 0.266 e. The molecule has 82 valence electrons. The van der Waals surface area contributed by atoms with Crippen molar-refractivity contribution >= 4 is 17.5 Å². The van der Waals surface area contributed by atoms with Gasteiger partial charge in [-0.2, -0.15) is 0 Å². The number of carbonyl (C=O) groups is 2. The molecule has 16 heavy (non-hydrogen) atoms. The van der Waals surface area contributed by atoms with Gasteiger partial charge in [-0.1, -0.05) is 0 Å². The maximum absolute atomic E-state index is 11.6. The quantitative estimate of drug-likeness (QED) is 0.418. The zero-order valence-corrected chi connectivity index (χ0v) is 8.17. The summed E-state index contributed by atoms with van der Waals surface area (Å²) in [6, 6.07) is 3.48. The molecule has 0 spiro atoms. The third-order valence-electron chi connectivity index (χ3n) is 2.23. The highest BCUT2D eigenvalue weighted by Crippen LogP contribution is 2.26. The summed E-state index contributed by atoms with van der Waals surface area (Å²) in [5, 5.41) is 11.1. The van der Waals surface area contributed by atoms with E-state index in [4.69, 9.17) is 0 Å². The fourth-order valence-corrected chi connectivity index (χ4v) is 1.49. The summed E-state index contributed by atoms with van der Waals surface area (Å²) in [5.41, 5.74) is -0.142. The highest BCUT2D eigenvalue weighted by Gasteiger charge is 2.37. The summed E-state index contributed by atoms with van der Waals surface area (Å²) in [6.45, 7) is 0. The van der Waals surface area contributed by atoms with Crippen molar-refractivity contribution in [1.29, 1.82) is 0 Å². The van der Waals surface area contributed by atoms with E-state index in [1.54, 1.807) is 0 Å². The standard InChI is InChI=1S/C9H6N2O5/c1-16-10-8(12)6-3-2-5(11(14)15)4-7(6)9(10)13/h2-4H,1H3. The maximum Gasteiger partial charge on any atom is 0.286 e. The summed E-state index contributed by atoms with van der Waals surface area (Å²) in [4.78, 5) is 37.6. The Hall–Kier alpha value is -2.28. The van der Waals surface area contributed by atoms with E-state index in [0.717, 1.165) is 6.07 Å². The van der Waals surface area contributed by atoms with Crippen LogP contribution >= 0.6 is 0 Å². The molecule has 7 nitrogen and oxygen atoms in total. The number of benzene rings is 1. The van der Waals surface area contributed by atoms with Gasteiger partial charge in [-0.15, -0.1) is 5.06 Å². The molecular weight excluding hydrogens is 216 g/mol. The minimum Gasteiger partial charge on any atom is -0.266 e. The van der Waals surface area contributed by atoms with Gasteiger partial charge in [0.1, 0.15) is 0 Å². The number of nitro benzene ring substituents is 1. The number of amides is 2. The molecule has 1 aromatic rings. The van der Waals surface area contributed by atoms with Gasteiger partial charge < -0.3 is 0 Å². The van der Waals surface area contributed by atoms with E-state index >= 15 is 0 Å². The molecule has 0 unspecified atom stereocenters. The first kappa shape index (κ1) is 10.2. The van der Waals surface area contributed by atoms with Gasteiger partial charge in [0, 0.05) is 12.1 Å². The summed E-state index contributed by atoms with van der Waals surface area (Å²) in [7, 11) is 1.18. The minimum absolute atomic E-state index is 0.0129. The fraction of sp³-hybridized carbons (Fsp3) is 0.111. The SMILES string of the molecule is CON1C(=O)c2ccc([N+](=O)[O-])cc2C1=O. The Labute approximate surface area is 89.3 Å². The number of carbonyl (C=O) groups excluding carboxylic acids is 2. The largest absolute Gasteiger partial charge is 0.286 e. The average Bonchev–Trinajstić information content (AvgIpc) is 2.51. The van der Waals surface area contributed by atoms with Gasteiger partial charge in [0.2, 0.25) is 0 Å². The van der Waals surface area contributed by atoms with E-state index < -0.39 is 16.7 Å². The molecule has 2 rings (SSSR count). The predicted octanol–water partition coefficient (Wildman–Crippen LogP) is 0.752. The number of hydrogen-bond acceptors (Lipinski definition) is 5. The van der Waals surface area contributed by atoms with E-state index in [2.05, 4.69) is 4.84 Å². The zero-order valence-electron chi connectivity index (χ0n) is 8.17. The normalized spacial score (nSPS) is 14.2. The second-order valence-electron chi connectivity index (χ2n) is 3.07. The molecule has 0 N–H and O–H groups in total. The van der Waals surface area contributed by atoms with Gasteiger partial charge >= 0.3 is 0 Å². The fourth-order valence-electron chi connectivity index (χ4n) is 1.49. The maximum atomic E-state index is 11.6. The molecule has 0 atom stereocenters. The molecule has 0 aromatic heterocycles. The van der Waals surface area contributed by atoms with Crippen molar-refractivity contribution in [1.82, 2.24) is 5.06 Å². The van der Waals surface area contributed by atoms with Crippen molar-refractivity contribution in [3.05, 3.63) is 39.4 Å². The van der Waals surface area contributed by atoms with Crippen LogP contribution in [0.2, 0.25) is 0 Å². The number of imide groups is 1. The zero-order chi connectivity index (χ0) is 11.9. The van der Waals surface area contributed by atoms with Gasteiger partial charge in [0.15, 0.2) is 0 Å². The van der Waals surface area contributed by atoms with Crippen LogP contribution in [0.15, 0.2) is 18.2 Å². The van der Waals surface area contributed by atoms with Gasteiger partial charge in [-0.05, 0) is 6.07 Å². The first-order chi connectivity index (χ1) is 7.56. The van der Waals surface area contributed by atoms with Crippen molar-refractivity contribution in [3.8, 4) is 0 Å². The first-order valence-corrected chi connectivity index (χ1v) is 4.27. The van der Waals surface area contributed by atoms with E-state index in [1.807, 2.05) is 0 Å². The number of rotatable bonds is 2. The number of fused-ring (bicyclic) bond motifs is 1. The molecule has 0 saturated heterocycles. The summed E-state index contributed by atoms with van der Waals surface area (Å²) in [5.74, 6) is -1.30. The van der Waals surface area contributed by atoms with Crippen molar-refractivity contribution in [2.75, 3.05) is 7.11 Å². The summed E-state index contributed by atoms with van der Waals surface area (Å²) < 4.78 is 0. The number of non-ortho nitro benzene ring substituents is 1. The van der Waals surface area contributed by atoms with Gasteiger partial charge in [0.25, 0.3) is 17.5 Å². The molecule has 0 saturated carbocycles. The highest BCUT2D eigenvalue weighted by atomic mass is 16.7. The second-order valence-corrected chi connectivity index (χ2v) is 3.07. The number of hydroxylamine groups is 2. The molecule has 0 bridgehead atoms. The number of nitrogens with zero attached hydrogens (tertiary/aromatic N) is 2. The molecule has 1 heterocycles. The molecule has 0 aliphatic carbocycles. The van der Waals surface area contributed by atoms with Crippen LogP contribution in [0.3, 0.4) is 0 Å². The minimum atomic E-state index is -0.689. The third kappa shape index (κ3) is 1.26. The Morgan fingerprint density at radius 3 is 2.44 bits per heavy atom. The molecule has 1 aliphatic heterocycles. The van der Waals surface area contributed by atoms with Crippen LogP contribution in [0.5, 0.6) is 0 Å². The molecule has 0 radical (unpaired) electrons. The van der Waals surface area contributed by atoms with Crippen LogP contribution in [0.1, 0.15) is 20.7 Å². The Kier molecular flexibility index (Phi) is 2.17. The Morgan fingerprint density at radius 2 is 1.88 bits per heavy atom. The van der Waals surface area contributed by atoms with E-state index in [-0.39, 0.29) is 16.8 Å².